The van der Waals surface area contributed by atoms with Gasteiger partial charge in [0.1, 0.15) is 6.29 Å². The van der Waals surface area contributed by atoms with E-state index in [0.29, 0.717) is 6.41 Å². The molecule has 1 unspecified atom stereocenters. The van der Waals surface area contributed by atoms with Crippen molar-refractivity contribution < 1.29 is 9.59 Å². The summed E-state index contributed by atoms with van der Waals surface area (Å²) in [5, 5.41) is 2.64. The van der Waals surface area contributed by atoms with Gasteiger partial charge in [0.15, 0.2) is 0 Å². The highest BCUT2D eigenvalue weighted by Gasteiger charge is 2.11. The van der Waals surface area contributed by atoms with E-state index in [-0.39, 0.29) is 12.5 Å². The lowest BCUT2D eigenvalue weighted by Crippen LogP contribution is -2.19. The van der Waals surface area contributed by atoms with E-state index in [1.54, 1.807) is 11.3 Å². The Kier molecular flexibility index (Phi) is 4.41. The Hall–Kier alpha value is -2.01. The fourth-order valence-corrected chi connectivity index (χ4v) is 2.74. The fraction of sp³-hybridized carbons (Fsp3) is 0.214. The van der Waals surface area contributed by atoms with Crippen LogP contribution in [-0.2, 0) is 9.59 Å². The van der Waals surface area contributed by atoms with Crippen LogP contribution in [0.1, 0.15) is 23.7 Å². The number of aldehydes is 1. The zero-order valence-corrected chi connectivity index (χ0v) is 11.3. The third-order valence-corrected chi connectivity index (χ3v) is 3.90. The summed E-state index contributed by atoms with van der Waals surface area (Å²) in [6, 6.07) is 7.57. The molecular weight excluding hydrogens is 260 g/mol. The number of thiazole rings is 1. The highest BCUT2D eigenvalue weighted by Crippen LogP contribution is 2.28. The maximum absolute atomic E-state index is 10.6. The Bertz CT molecular complexity index is 553. The number of nitrogens with one attached hydrogen (secondary N) is 1. The van der Waals surface area contributed by atoms with Crippen molar-refractivity contribution in [3.05, 3.63) is 41.0 Å². The average molecular weight is 274 g/mol. The summed E-state index contributed by atoms with van der Waals surface area (Å²) < 4.78 is 0. The average Bonchev–Trinajstić information content (AvgIpc) is 2.85. The number of nitrogens with zero attached hydrogens (tertiary/aromatic N) is 1. The van der Waals surface area contributed by atoms with E-state index in [9.17, 15) is 9.59 Å². The number of hydrogen-bond donors (Lipinski definition) is 1. The standard InChI is InChI=1S/C14H14N2O2S/c1-10-14(19-9-16-10)12-4-2-11(3-5-12)13(6-7-17)15-8-18/h2-5,7-9,13H,6H2,1H3,(H,15,18). The molecule has 1 aromatic heterocycles. The SMILES string of the molecule is Cc1ncsc1-c1ccc(C(CC=O)NC=O)cc1. The fourth-order valence-electron chi connectivity index (χ4n) is 1.92. The van der Waals surface area contributed by atoms with Crippen molar-refractivity contribution in [2.24, 2.45) is 0 Å². The largest absolute Gasteiger partial charge is 0.351 e. The summed E-state index contributed by atoms with van der Waals surface area (Å²) in [5.74, 6) is 0. The normalized spacial score (nSPS) is 11.8. The molecule has 1 aromatic carbocycles. The maximum Gasteiger partial charge on any atom is 0.207 e. The molecule has 2 rings (SSSR count). The zero-order chi connectivity index (χ0) is 13.7. The molecule has 4 nitrogen and oxygen atoms in total. The molecule has 0 fully saturated rings. The molecule has 0 saturated carbocycles. The molecule has 2 aromatic rings. The van der Waals surface area contributed by atoms with Crippen LogP contribution in [0.3, 0.4) is 0 Å². The van der Waals surface area contributed by atoms with Crippen LogP contribution in [-0.4, -0.2) is 17.7 Å². The Morgan fingerprint density at radius 2 is 2.05 bits per heavy atom. The van der Waals surface area contributed by atoms with Crippen LogP contribution < -0.4 is 5.32 Å². The van der Waals surface area contributed by atoms with Gasteiger partial charge < -0.3 is 10.1 Å². The van der Waals surface area contributed by atoms with Crippen molar-refractivity contribution in [1.82, 2.24) is 10.3 Å². The van der Waals surface area contributed by atoms with Gasteiger partial charge in [0.05, 0.1) is 22.1 Å². The first-order valence-electron chi connectivity index (χ1n) is 5.90. The highest BCUT2D eigenvalue weighted by molar-refractivity contribution is 7.13. The molecule has 1 N–H and O–H groups in total. The van der Waals surface area contributed by atoms with Crippen molar-refractivity contribution >= 4 is 24.0 Å². The first-order valence-corrected chi connectivity index (χ1v) is 6.78. The lowest BCUT2D eigenvalue weighted by atomic mass is 10.0. The first kappa shape index (κ1) is 13.4. The smallest absolute Gasteiger partial charge is 0.207 e. The third kappa shape index (κ3) is 3.06. The molecular formula is C14H14N2O2S. The minimum atomic E-state index is -0.258. The number of amides is 1. The summed E-state index contributed by atoms with van der Waals surface area (Å²) in [6.45, 7) is 1.98. The van der Waals surface area contributed by atoms with Crippen molar-refractivity contribution in [2.75, 3.05) is 0 Å². The van der Waals surface area contributed by atoms with E-state index < -0.39 is 0 Å². The number of aryl methyl sites for hydroxylation is 1. The van der Waals surface area contributed by atoms with E-state index in [2.05, 4.69) is 10.3 Å². The minimum Gasteiger partial charge on any atom is -0.351 e. The summed E-state index contributed by atoms with van der Waals surface area (Å²) in [5.41, 5.74) is 4.85. The molecule has 0 spiro atoms. The van der Waals surface area contributed by atoms with E-state index >= 15 is 0 Å². The van der Waals surface area contributed by atoms with E-state index in [0.717, 1.165) is 28.0 Å². The number of benzene rings is 1. The molecule has 0 radical (unpaired) electrons. The van der Waals surface area contributed by atoms with Crippen molar-refractivity contribution in [2.45, 2.75) is 19.4 Å². The van der Waals surface area contributed by atoms with Crippen LogP contribution in [0.2, 0.25) is 0 Å². The van der Waals surface area contributed by atoms with Gasteiger partial charge in [-0.05, 0) is 18.1 Å². The highest BCUT2D eigenvalue weighted by atomic mass is 32.1. The van der Waals surface area contributed by atoms with Crippen LogP contribution in [0.15, 0.2) is 29.8 Å². The monoisotopic (exact) mass is 274 g/mol. The molecule has 19 heavy (non-hydrogen) atoms. The predicted molar refractivity (Wildman–Crippen MR) is 74.9 cm³/mol. The number of rotatable bonds is 6. The molecule has 1 atom stereocenters. The molecule has 1 heterocycles. The molecule has 0 aliphatic heterocycles. The lowest BCUT2D eigenvalue weighted by molar-refractivity contribution is -0.111. The topological polar surface area (TPSA) is 59.1 Å². The molecule has 0 aliphatic carbocycles. The van der Waals surface area contributed by atoms with Crippen LogP contribution in [0, 0.1) is 6.92 Å². The van der Waals surface area contributed by atoms with Gasteiger partial charge in [-0.25, -0.2) is 4.98 Å². The first-order chi connectivity index (χ1) is 9.26. The number of aromatic nitrogens is 1. The molecule has 0 saturated heterocycles. The third-order valence-electron chi connectivity index (χ3n) is 2.92. The Balaban J connectivity index is 2.24. The Morgan fingerprint density at radius 1 is 1.32 bits per heavy atom. The van der Waals surface area contributed by atoms with Crippen LogP contribution in [0.25, 0.3) is 10.4 Å². The van der Waals surface area contributed by atoms with Crippen molar-refractivity contribution in [3.8, 4) is 10.4 Å². The summed E-state index contributed by atoms with van der Waals surface area (Å²) in [6.07, 6.45) is 1.70. The van der Waals surface area contributed by atoms with Crippen molar-refractivity contribution in [1.29, 1.82) is 0 Å². The second-order valence-electron chi connectivity index (χ2n) is 4.13. The molecule has 1 amide bonds. The van der Waals surface area contributed by atoms with Gasteiger partial charge in [0.2, 0.25) is 6.41 Å². The number of carbonyl (C=O) groups excluding carboxylic acids is 2. The van der Waals surface area contributed by atoms with Crippen LogP contribution in [0.4, 0.5) is 0 Å². The summed E-state index contributed by atoms with van der Waals surface area (Å²) >= 11 is 1.60. The van der Waals surface area contributed by atoms with Crippen LogP contribution >= 0.6 is 11.3 Å². The molecule has 98 valence electrons. The van der Waals surface area contributed by atoms with Gasteiger partial charge in [-0.15, -0.1) is 11.3 Å². The van der Waals surface area contributed by atoms with E-state index in [1.165, 1.54) is 0 Å². The second-order valence-corrected chi connectivity index (χ2v) is 4.98. The maximum atomic E-state index is 10.6. The van der Waals surface area contributed by atoms with Gasteiger partial charge in [0, 0.05) is 6.42 Å². The Morgan fingerprint density at radius 3 is 2.58 bits per heavy atom. The second kappa shape index (κ2) is 6.24. The minimum absolute atomic E-state index is 0.258. The number of hydrogen-bond acceptors (Lipinski definition) is 4. The number of carbonyl (C=O) groups is 2. The summed E-state index contributed by atoms with van der Waals surface area (Å²) in [4.78, 5) is 26.5. The summed E-state index contributed by atoms with van der Waals surface area (Å²) in [7, 11) is 0. The van der Waals surface area contributed by atoms with E-state index in [4.69, 9.17) is 0 Å². The lowest BCUT2D eigenvalue weighted by Gasteiger charge is -2.13. The quantitative estimate of drug-likeness (QED) is 0.823. The molecule has 5 heteroatoms. The molecule has 0 aliphatic rings. The van der Waals surface area contributed by atoms with E-state index in [1.807, 2.05) is 36.7 Å². The van der Waals surface area contributed by atoms with Crippen molar-refractivity contribution in [3.63, 3.8) is 0 Å². The zero-order valence-electron chi connectivity index (χ0n) is 10.5. The van der Waals surface area contributed by atoms with Crippen LogP contribution in [0.5, 0.6) is 0 Å². The van der Waals surface area contributed by atoms with Gasteiger partial charge in [-0.2, -0.15) is 0 Å². The van der Waals surface area contributed by atoms with Gasteiger partial charge in [0.25, 0.3) is 0 Å². The molecule has 0 bridgehead atoms. The van der Waals surface area contributed by atoms with Gasteiger partial charge in [-0.3, -0.25) is 4.79 Å². The Labute approximate surface area is 115 Å². The predicted octanol–water partition coefficient (Wildman–Crippen LogP) is 2.49. The van der Waals surface area contributed by atoms with Gasteiger partial charge in [-0.1, -0.05) is 24.3 Å². The van der Waals surface area contributed by atoms with Gasteiger partial charge >= 0.3 is 0 Å².